The Morgan fingerprint density at radius 3 is 2.47 bits per heavy atom. The predicted molar refractivity (Wildman–Crippen MR) is 75.2 cm³/mol. The fraction of sp³-hybridized carbons (Fsp3) is 0.533. The summed E-state index contributed by atoms with van der Waals surface area (Å²) in [5, 5.41) is 0. The third kappa shape index (κ3) is 1.52. The highest BCUT2D eigenvalue weighted by molar-refractivity contribution is 5.78. The highest BCUT2D eigenvalue weighted by Crippen LogP contribution is 2.69. The first kappa shape index (κ1) is 12.5. The van der Waals surface area contributed by atoms with Crippen LogP contribution in [-0.2, 0) is 6.54 Å². The lowest BCUT2D eigenvalue weighted by Gasteiger charge is -2.07. The standard InChI is InChI=1S/C15H20FN3/c1-14(2)11(15(14,3)4)8-19-10-7-5-6-9(16)12(10)18-13(19)17/h5-7,11H,8H2,1-4H3,(H2,17,18). The molecule has 0 saturated heterocycles. The monoisotopic (exact) mass is 261 g/mol. The number of halogens is 1. The van der Waals surface area contributed by atoms with Crippen LogP contribution in [0.15, 0.2) is 18.2 Å². The highest BCUT2D eigenvalue weighted by atomic mass is 19.1. The Morgan fingerprint density at radius 2 is 1.89 bits per heavy atom. The average molecular weight is 261 g/mol. The van der Waals surface area contributed by atoms with Crippen LogP contribution in [0.4, 0.5) is 10.3 Å². The summed E-state index contributed by atoms with van der Waals surface area (Å²) in [6, 6.07) is 5.01. The molecule has 1 aromatic carbocycles. The van der Waals surface area contributed by atoms with Crippen molar-refractivity contribution in [2.45, 2.75) is 34.2 Å². The maximum Gasteiger partial charge on any atom is 0.201 e. The molecule has 1 saturated carbocycles. The van der Waals surface area contributed by atoms with Crippen LogP contribution in [0.5, 0.6) is 0 Å². The van der Waals surface area contributed by atoms with Gasteiger partial charge in [0.2, 0.25) is 5.95 Å². The predicted octanol–water partition coefficient (Wildman–Crippen LogP) is 3.44. The van der Waals surface area contributed by atoms with Crippen LogP contribution in [0.1, 0.15) is 27.7 Å². The van der Waals surface area contributed by atoms with Gasteiger partial charge in [-0.15, -0.1) is 0 Å². The van der Waals surface area contributed by atoms with Crippen LogP contribution in [0.3, 0.4) is 0 Å². The fourth-order valence-corrected chi connectivity index (χ4v) is 3.29. The number of nitrogen functional groups attached to an aromatic ring is 1. The van der Waals surface area contributed by atoms with E-state index in [2.05, 4.69) is 32.7 Å². The van der Waals surface area contributed by atoms with Crippen LogP contribution < -0.4 is 5.73 Å². The zero-order chi connectivity index (χ0) is 14.0. The van der Waals surface area contributed by atoms with Crippen molar-refractivity contribution in [1.82, 2.24) is 9.55 Å². The minimum Gasteiger partial charge on any atom is -0.369 e. The van der Waals surface area contributed by atoms with Gasteiger partial charge in [0, 0.05) is 6.54 Å². The largest absolute Gasteiger partial charge is 0.369 e. The van der Waals surface area contributed by atoms with Crippen molar-refractivity contribution < 1.29 is 4.39 Å². The van der Waals surface area contributed by atoms with Gasteiger partial charge in [0.05, 0.1) is 5.52 Å². The summed E-state index contributed by atoms with van der Waals surface area (Å²) < 4.78 is 15.6. The second-order valence-electron chi connectivity index (χ2n) is 6.68. The number of aromatic nitrogens is 2. The van der Waals surface area contributed by atoms with Crippen LogP contribution in [0.25, 0.3) is 11.0 Å². The third-order valence-electron chi connectivity index (χ3n) is 5.44. The van der Waals surface area contributed by atoms with E-state index in [1.807, 2.05) is 10.6 Å². The molecule has 0 spiro atoms. The van der Waals surface area contributed by atoms with Gasteiger partial charge in [0.25, 0.3) is 0 Å². The number of nitrogens with zero attached hydrogens (tertiary/aromatic N) is 2. The summed E-state index contributed by atoms with van der Waals surface area (Å²) in [4.78, 5) is 4.15. The molecule has 0 unspecified atom stereocenters. The molecular weight excluding hydrogens is 241 g/mol. The lowest BCUT2D eigenvalue weighted by molar-refractivity contribution is 0.457. The summed E-state index contributed by atoms with van der Waals surface area (Å²) in [5.41, 5.74) is 7.68. The molecule has 1 heterocycles. The van der Waals surface area contributed by atoms with Gasteiger partial charge in [-0.3, -0.25) is 0 Å². The van der Waals surface area contributed by atoms with E-state index in [1.165, 1.54) is 6.07 Å². The normalized spacial score (nSPS) is 20.9. The summed E-state index contributed by atoms with van der Waals surface area (Å²) >= 11 is 0. The molecule has 0 amide bonds. The maximum absolute atomic E-state index is 13.7. The lowest BCUT2D eigenvalue weighted by atomic mass is 10.0. The van der Waals surface area contributed by atoms with Crippen molar-refractivity contribution in [3.63, 3.8) is 0 Å². The minimum absolute atomic E-state index is 0.281. The molecule has 4 heteroatoms. The van der Waals surface area contributed by atoms with Crippen LogP contribution in [-0.4, -0.2) is 9.55 Å². The van der Waals surface area contributed by atoms with Crippen molar-refractivity contribution in [1.29, 1.82) is 0 Å². The SMILES string of the molecule is CC1(C)C(Cn2c(N)nc3c(F)cccc32)C1(C)C. The lowest BCUT2D eigenvalue weighted by Crippen LogP contribution is -2.08. The van der Waals surface area contributed by atoms with Crippen molar-refractivity contribution in [3.8, 4) is 0 Å². The number of nitrogens with two attached hydrogens (primary N) is 1. The average Bonchev–Trinajstić information content (AvgIpc) is 2.59. The first-order valence-electron chi connectivity index (χ1n) is 6.67. The molecule has 1 aliphatic rings. The van der Waals surface area contributed by atoms with E-state index >= 15 is 0 Å². The van der Waals surface area contributed by atoms with E-state index < -0.39 is 0 Å². The van der Waals surface area contributed by atoms with Gasteiger partial charge < -0.3 is 10.3 Å². The molecule has 2 aromatic rings. The zero-order valence-electron chi connectivity index (χ0n) is 11.9. The van der Waals surface area contributed by atoms with Crippen molar-refractivity contribution in [2.75, 3.05) is 5.73 Å². The van der Waals surface area contributed by atoms with Crippen molar-refractivity contribution in [3.05, 3.63) is 24.0 Å². The van der Waals surface area contributed by atoms with Gasteiger partial charge in [-0.1, -0.05) is 33.8 Å². The first-order valence-corrected chi connectivity index (χ1v) is 6.67. The first-order chi connectivity index (χ1) is 8.76. The Labute approximate surface area is 112 Å². The van der Waals surface area contributed by atoms with Crippen LogP contribution in [0, 0.1) is 22.6 Å². The highest BCUT2D eigenvalue weighted by Gasteiger charge is 2.64. The van der Waals surface area contributed by atoms with E-state index in [0.717, 1.165) is 12.1 Å². The molecule has 1 aromatic heterocycles. The van der Waals surface area contributed by atoms with E-state index in [0.29, 0.717) is 17.4 Å². The second kappa shape index (κ2) is 3.50. The van der Waals surface area contributed by atoms with Gasteiger partial charge in [-0.2, -0.15) is 0 Å². The van der Waals surface area contributed by atoms with Crippen LogP contribution >= 0.6 is 0 Å². The topological polar surface area (TPSA) is 43.8 Å². The molecule has 1 fully saturated rings. The van der Waals surface area contributed by atoms with Gasteiger partial charge >= 0.3 is 0 Å². The third-order valence-corrected chi connectivity index (χ3v) is 5.44. The van der Waals surface area contributed by atoms with E-state index in [9.17, 15) is 4.39 Å². The molecule has 102 valence electrons. The number of rotatable bonds is 2. The molecular formula is C15H20FN3. The Hall–Kier alpha value is -1.58. The maximum atomic E-state index is 13.7. The Bertz CT molecular complexity index is 641. The smallest absolute Gasteiger partial charge is 0.201 e. The quantitative estimate of drug-likeness (QED) is 0.900. The van der Waals surface area contributed by atoms with E-state index in [4.69, 9.17) is 5.73 Å². The van der Waals surface area contributed by atoms with Gasteiger partial charge in [-0.05, 0) is 28.9 Å². The van der Waals surface area contributed by atoms with E-state index in [-0.39, 0.29) is 16.6 Å². The van der Waals surface area contributed by atoms with Gasteiger partial charge in [-0.25, -0.2) is 9.37 Å². The molecule has 0 atom stereocenters. The summed E-state index contributed by atoms with van der Waals surface area (Å²) in [6.07, 6.45) is 0. The summed E-state index contributed by atoms with van der Waals surface area (Å²) in [6.45, 7) is 9.88. The molecule has 1 aliphatic carbocycles. The number of benzene rings is 1. The zero-order valence-corrected chi connectivity index (χ0v) is 11.9. The van der Waals surface area contributed by atoms with Crippen molar-refractivity contribution in [2.24, 2.45) is 16.7 Å². The molecule has 0 bridgehead atoms. The number of hydrogen-bond acceptors (Lipinski definition) is 2. The Morgan fingerprint density at radius 1 is 1.26 bits per heavy atom. The molecule has 19 heavy (non-hydrogen) atoms. The van der Waals surface area contributed by atoms with Crippen LogP contribution in [0.2, 0.25) is 0 Å². The molecule has 0 radical (unpaired) electrons. The minimum atomic E-state index is -0.308. The molecule has 3 nitrogen and oxygen atoms in total. The molecule has 2 N–H and O–H groups in total. The Balaban J connectivity index is 2.04. The number of fused-ring (bicyclic) bond motifs is 1. The number of para-hydroxylation sites is 1. The number of imidazole rings is 1. The number of anilines is 1. The summed E-state index contributed by atoms with van der Waals surface area (Å²) in [5.74, 6) is 0.624. The van der Waals surface area contributed by atoms with Gasteiger partial charge in [0.15, 0.2) is 5.82 Å². The fourth-order valence-electron chi connectivity index (χ4n) is 3.29. The Kier molecular flexibility index (Phi) is 2.29. The molecule has 3 rings (SSSR count). The second-order valence-corrected chi connectivity index (χ2v) is 6.68. The molecule has 0 aliphatic heterocycles. The summed E-state index contributed by atoms with van der Waals surface area (Å²) in [7, 11) is 0. The van der Waals surface area contributed by atoms with Crippen molar-refractivity contribution >= 4 is 17.0 Å². The number of hydrogen-bond donors (Lipinski definition) is 1. The van der Waals surface area contributed by atoms with Gasteiger partial charge in [0.1, 0.15) is 5.52 Å². The van der Waals surface area contributed by atoms with E-state index in [1.54, 1.807) is 6.07 Å².